The van der Waals surface area contributed by atoms with E-state index in [2.05, 4.69) is 39.3 Å². The number of nitrogens with zero attached hydrogens (tertiary/aromatic N) is 4. The van der Waals surface area contributed by atoms with Gasteiger partial charge in [-0.25, -0.2) is 40.6 Å². The Bertz CT molecular complexity index is 2840. The maximum Gasteiger partial charge on any atom is 0.262 e. The second kappa shape index (κ2) is 12.4. The molecule has 254 valence electrons. The van der Waals surface area contributed by atoms with Crippen molar-refractivity contribution < 1.29 is 25.6 Å². The van der Waals surface area contributed by atoms with Gasteiger partial charge in [-0.05, 0) is 72.1 Å². The Hall–Kier alpha value is -6.04. The lowest BCUT2D eigenvalue weighted by Gasteiger charge is -2.11. The number of sulfonamides is 2. The van der Waals surface area contributed by atoms with Gasteiger partial charge in [0.2, 0.25) is 0 Å². The molecule has 0 unspecified atom stereocenters. The molecule has 4 heterocycles. The van der Waals surface area contributed by atoms with Gasteiger partial charge >= 0.3 is 0 Å². The predicted molar refractivity (Wildman–Crippen MR) is 190 cm³/mol. The van der Waals surface area contributed by atoms with Gasteiger partial charge in [-0.15, -0.1) is 0 Å². The van der Waals surface area contributed by atoms with Crippen LogP contribution >= 0.6 is 11.3 Å². The van der Waals surface area contributed by atoms with Crippen LogP contribution in [0.1, 0.15) is 0 Å². The number of thiophene rings is 1. The summed E-state index contributed by atoms with van der Waals surface area (Å²) in [5.74, 6) is -0.786. The number of imidazole rings is 2. The molecule has 0 amide bonds. The Morgan fingerprint density at radius 3 is 1.96 bits per heavy atom. The number of hydrogen-bond donors (Lipinski definition) is 4. The zero-order chi connectivity index (χ0) is 35.3. The summed E-state index contributed by atoms with van der Waals surface area (Å²) in [5.41, 5.74) is 2.46. The van der Waals surface area contributed by atoms with Gasteiger partial charge in [-0.3, -0.25) is 14.4 Å². The summed E-state index contributed by atoms with van der Waals surface area (Å²) in [4.78, 5) is 23.6. The van der Waals surface area contributed by atoms with Gasteiger partial charge in [0.05, 0.1) is 61.3 Å². The lowest BCUT2D eigenvalue weighted by molar-refractivity contribution is 0.597. The molecule has 0 saturated carbocycles. The fraction of sp³-hybridized carbons (Fsp3) is 0. The normalized spacial score (nSPS) is 12.0. The number of H-pyrrole nitrogens is 2. The SMILES string of the molecule is O=S(=O)(Nc1ccccc1F)c1ccc2nc(-c3cncc(-c4cccc(NS(=O)(=O)c5ccc6nc(-c7ccsc7)[nH]c6c5)c4F)n3)[nH]c2c1. The molecule has 0 aliphatic heterocycles. The number of para-hydroxylation sites is 1. The molecule has 4 aromatic carbocycles. The summed E-state index contributed by atoms with van der Waals surface area (Å²) in [6, 6.07) is 20.1. The molecule has 0 bridgehead atoms. The quantitative estimate of drug-likeness (QED) is 0.120. The van der Waals surface area contributed by atoms with Crippen LogP contribution in [0, 0.1) is 11.6 Å². The van der Waals surface area contributed by atoms with Crippen molar-refractivity contribution in [1.82, 2.24) is 29.9 Å². The third-order valence-electron chi connectivity index (χ3n) is 7.84. The monoisotopic (exact) mass is 740 g/mol. The zero-order valence-electron chi connectivity index (χ0n) is 25.8. The Morgan fingerprint density at radius 1 is 0.647 bits per heavy atom. The summed E-state index contributed by atoms with van der Waals surface area (Å²) < 4.78 is 87.3. The third kappa shape index (κ3) is 6.17. The highest BCUT2D eigenvalue weighted by molar-refractivity contribution is 7.93. The molecular formula is C34H22F2N8O4S3. The smallest absolute Gasteiger partial charge is 0.262 e. The minimum absolute atomic E-state index is 0.0299. The molecule has 0 saturated heterocycles. The van der Waals surface area contributed by atoms with E-state index < -0.39 is 31.7 Å². The zero-order valence-corrected chi connectivity index (χ0v) is 28.2. The Morgan fingerprint density at radius 2 is 1.27 bits per heavy atom. The second-order valence-corrected chi connectivity index (χ2v) is 15.3. The molecule has 0 spiro atoms. The van der Waals surface area contributed by atoms with Crippen molar-refractivity contribution in [3.63, 3.8) is 0 Å². The van der Waals surface area contributed by atoms with Gasteiger partial charge in [0, 0.05) is 16.5 Å². The first-order valence-corrected chi connectivity index (χ1v) is 18.9. The molecule has 0 aliphatic carbocycles. The van der Waals surface area contributed by atoms with E-state index in [-0.39, 0.29) is 43.9 Å². The number of aromatic nitrogens is 6. The van der Waals surface area contributed by atoms with Crippen molar-refractivity contribution in [3.05, 3.63) is 120 Å². The number of rotatable bonds is 9. The summed E-state index contributed by atoms with van der Waals surface area (Å²) in [6.45, 7) is 0. The van der Waals surface area contributed by atoms with E-state index in [9.17, 15) is 21.2 Å². The van der Waals surface area contributed by atoms with E-state index >= 15 is 4.39 Å². The number of hydrogen-bond acceptors (Lipinski definition) is 9. The molecule has 17 heteroatoms. The largest absolute Gasteiger partial charge is 0.338 e. The number of aromatic amines is 2. The Labute approximate surface area is 292 Å². The maximum absolute atomic E-state index is 15.9. The van der Waals surface area contributed by atoms with Gasteiger partial charge in [0.15, 0.2) is 11.6 Å². The van der Waals surface area contributed by atoms with Crippen molar-refractivity contribution in [2.24, 2.45) is 0 Å². The van der Waals surface area contributed by atoms with Crippen molar-refractivity contribution >= 4 is 64.8 Å². The molecular weight excluding hydrogens is 719 g/mol. The first kappa shape index (κ1) is 32.2. The molecule has 0 fully saturated rings. The minimum atomic E-state index is -4.22. The van der Waals surface area contributed by atoms with E-state index in [1.807, 2.05) is 16.8 Å². The third-order valence-corrected chi connectivity index (χ3v) is 11.2. The summed E-state index contributed by atoms with van der Waals surface area (Å²) in [7, 11) is -8.37. The molecule has 0 radical (unpaired) electrons. The van der Waals surface area contributed by atoms with Crippen LogP contribution in [0.2, 0.25) is 0 Å². The molecule has 8 aromatic rings. The number of fused-ring (bicyclic) bond motifs is 2. The van der Waals surface area contributed by atoms with E-state index in [0.717, 1.165) is 11.6 Å². The van der Waals surface area contributed by atoms with E-state index in [4.69, 9.17) is 0 Å². The highest BCUT2D eigenvalue weighted by Crippen LogP contribution is 2.31. The number of anilines is 2. The number of nitrogens with one attached hydrogen (secondary N) is 4. The van der Waals surface area contributed by atoms with Crippen LogP contribution in [0.3, 0.4) is 0 Å². The van der Waals surface area contributed by atoms with Gasteiger partial charge in [-0.2, -0.15) is 11.3 Å². The van der Waals surface area contributed by atoms with E-state index in [0.29, 0.717) is 27.9 Å². The minimum Gasteiger partial charge on any atom is -0.338 e. The topological polar surface area (TPSA) is 175 Å². The van der Waals surface area contributed by atoms with Crippen LogP contribution in [-0.2, 0) is 20.0 Å². The van der Waals surface area contributed by atoms with E-state index in [1.54, 1.807) is 6.07 Å². The fourth-order valence-corrected chi connectivity index (χ4v) is 8.16. The van der Waals surface area contributed by atoms with Gasteiger partial charge in [0.1, 0.15) is 17.3 Å². The standard InChI is InChI=1S/C34H22F2N8O4S3/c35-23-5-1-2-6-24(23)43-50(45,46)20-9-11-26-29(15-20)42-34(40-26)31-17-37-16-30(38-31)22-4-3-7-27(32(22)36)44-51(47,48)21-8-10-25-28(14-21)41-33(39-25)19-12-13-49-18-19/h1-18,43-44H,(H,39,41)(H,40,42). The van der Waals surface area contributed by atoms with Crippen molar-refractivity contribution in [3.8, 4) is 34.2 Å². The highest BCUT2D eigenvalue weighted by atomic mass is 32.2. The van der Waals surface area contributed by atoms with Crippen LogP contribution < -0.4 is 9.44 Å². The molecule has 0 atom stereocenters. The van der Waals surface area contributed by atoms with Gasteiger partial charge < -0.3 is 9.97 Å². The maximum atomic E-state index is 15.9. The average molecular weight is 741 g/mol. The molecule has 4 N–H and O–H groups in total. The molecule has 12 nitrogen and oxygen atoms in total. The fourth-order valence-electron chi connectivity index (χ4n) is 5.34. The lowest BCUT2D eigenvalue weighted by Crippen LogP contribution is -2.14. The number of halogens is 2. The first-order chi connectivity index (χ1) is 24.5. The van der Waals surface area contributed by atoms with Crippen LogP contribution in [0.5, 0.6) is 0 Å². The van der Waals surface area contributed by atoms with Crippen LogP contribution in [-0.4, -0.2) is 46.7 Å². The summed E-state index contributed by atoms with van der Waals surface area (Å²) in [5, 5.41) is 3.83. The summed E-state index contributed by atoms with van der Waals surface area (Å²) in [6.07, 6.45) is 2.71. The van der Waals surface area contributed by atoms with Gasteiger partial charge in [0.25, 0.3) is 20.0 Å². The Balaban J connectivity index is 1.06. The second-order valence-electron chi connectivity index (χ2n) is 11.2. The highest BCUT2D eigenvalue weighted by Gasteiger charge is 2.22. The van der Waals surface area contributed by atoms with Crippen molar-refractivity contribution in [1.29, 1.82) is 0 Å². The van der Waals surface area contributed by atoms with Gasteiger partial charge in [-0.1, -0.05) is 18.2 Å². The van der Waals surface area contributed by atoms with Crippen LogP contribution in [0.15, 0.2) is 118 Å². The van der Waals surface area contributed by atoms with Crippen LogP contribution in [0.4, 0.5) is 20.2 Å². The Kier molecular flexibility index (Phi) is 7.81. The van der Waals surface area contributed by atoms with E-state index in [1.165, 1.54) is 90.5 Å². The molecule has 8 rings (SSSR count). The molecule has 0 aliphatic rings. The molecule has 51 heavy (non-hydrogen) atoms. The lowest BCUT2D eigenvalue weighted by atomic mass is 10.1. The average Bonchev–Trinajstić information content (AvgIpc) is 3.89. The molecule has 4 aromatic heterocycles. The predicted octanol–water partition coefficient (Wildman–Crippen LogP) is 7.17. The van der Waals surface area contributed by atoms with Crippen LogP contribution in [0.25, 0.3) is 56.2 Å². The van der Waals surface area contributed by atoms with Crippen molar-refractivity contribution in [2.45, 2.75) is 9.79 Å². The first-order valence-electron chi connectivity index (χ1n) is 15.0. The number of benzene rings is 4. The van der Waals surface area contributed by atoms with Crippen molar-refractivity contribution in [2.75, 3.05) is 9.44 Å². The summed E-state index contributed by atoms with van der Waals surface area (Å²) >= 11 is 1.51.